The second-order valence-corrected chi connectivity index (χ2v) is 6.71. The molecule has 0 aliphatic rings. The third kappa shape index (κ3) is 3.45. The average molecular weight is 319 g/mol. The maximum absolute atomic E-state index is 12.5. The molecule has 0 radical (unpaired) electrons. The van der Waals surface area contributed by atoms with Gasteiger partial charge in [-0.3, -0.25) is 9.59 Å². The topological polar surface area (TPSA) is 59.1 Å². The van der Waals surface area contributed by atoms with E-state index in [2.05, 4.69) is 10.3 Å². The van der Waals surface area contributed by atoms with Crippen LogP contribution in [0.25, 0.3) is 10.8 Å². The van der Waals surface area contributed by atoms with Crippen LogP contribution in [0.15, 0.2) is 30.3 Å². The normalized spacial score (nSPS) is 13.0. The Hall–Kier alpha value is -1.94. The van der Waals surface area contributed by atoms with Crippen LogP contribution in [0.5, 0.6) is 0 Å². The van der Waals surface area contributed by atoms with Gasteiger partial charge < -0.3 is 5.32 Å². The lowest BCUT2D eigenvalue weighted by atomic mass is 9.87. The Bertz CT molecular complexity index is 735. The van der Waals surface area contributed by atoms with Crippen LogP contribution in [0.2, 0.25) is 5.15 Å². The third-order valence-electron chi connectivity index (χ3n) is 3.40. The van der Waals surface area contributed by atoms with Crippen molar-refractivity contribution in [3.05, 3.63) is 41.2 Å². The molecule has 116 valence electrons. The molecule has 1 amide bonds. The van der Waals surface area contributed by atoms with E-state index in [1.165, 1.54) is 0 Å². The van der Waals surface area contributed by atoms with Crippen LogP contribution in [0.3, 0.4) is 0 Å². The SMILES string of the molecule is C[C@H](NC(=O)c1nc(Cl)cc2ccccc12)C(=O)C(C)(C)C. The van der Waals surface area contributed by atoms with Crippen LogP contribution in [0.1, 0.15) is 38.2 Å². The highest BCUT2D eigenvalue weighted by atomic mass is 35.5. The van der Waals surface area contributed by atoms with E-state index in [9.17, 15) is 9.59 Å². The molecule has 22 heavy (non-hydrogen) atoms. The Labute approximate surface area is 134 Å². The minimum absolute atomic E-state index is 0.0350. The smallest absolute Gasteiger partial charge is 0.271 e. The first-order valence-corrected chi connectivity index (χ1v) is 7.48. The summed E-state index contributed by atoms with van der Waals surface area (Å²) >= 11 is 5.98. The van der Waals surface area contributed by atoms with E-state index in [0.717, 1.165) is 5.39 Å². The van der Waals surface area contributed by atoms with Gasteiger partial charge in [-0.1, -0.05) is 56.6 Å². The van der Waals surface area contributed by atoms with Gasteiger partial charge in [0.1, 0.15) is 10.8 Å². The number of carbonyl (C=O) groups is 2. The van der Waals surface area contributed by atoms with Crippen molar-refractivity contribution in [2.75, 3.05) is 0 Å². The summed E-state index contributed by atoms with van der Waals surface area (Å²) in [5, 5.41) is 4.50. The molecule has 4 nitrogen and oxygen atoms in total. The van der Waals surface area contributed by atoms with Gasteiger partial charge in [-0.05, 0) is 18.4 Å². The van der Waals surface area contributed by atoms with Gasteiger partial charge in [0, 0.05) is 10.8 Å². The Morgan fingerprint density at radius 1 is 1.23 bits per heavy atom. The van der Waals surface area contributed by atoms with Crippen LogP contribution in [0, 0.1) is 5.41 Å². The fourth-order valence-electron chi connectivity index (χ4n) is 2.32. The van der Waals surface area contributed by atoms with Crippen LogP contribution < -0.4 is 5.32 Å². The lowest BCUT2D eigenvalue weighted by molar-refractivity contribution is -0.127. The van der Waals surface area contributed by atoms with Crippen molar-refractivity contribution in [1.82, 2.24) is 10.3 Å². The molecule has 5 heteroatoms. The highest BCUT2D eigenvalue weighted by molar-refractivity contribution is 6.30. The molecule has 1 heterocycles. The molecule has 0 unspecified atom stereocenters. The van der Waals surface area contributed by atoms with E-state index in [-0.39, 0.29) is 16.6 Å². The molecule has 1 atom stereocenters. The van der Waals surface area contributed by atoms with Gasteiger partial charge in [0.05, 0.1) is 6.04 Å². The molecular formula is C17H19ClN2O2. The standard InChI is InChI=1S/C17H19ClN2O2/c1-10(15(21)17(2,3)4)19-16(22)14-12-8-6-5-7-11(12)9-13(18)20-14/h5-10H,1-4H3,(H,19,22)/t10-/m0/s1. The number of amides is 1. The minimum atomic E-state index is -0.591. The van der Waals surface area contributed by atoms with Gasteiger partial charge in [-0.2, -0.15) is 0 Å². The number of nitrogens with one attached hydrogen (secondary N) is 1. The van der Waals surface area contributed by atoms with E-state index in [0.29, 0.717) is 5.39 Å². The van der Waals surface area contributed by atoms with Crippen molar-refractivity contribution >= 4 is 34.1 Å². The number of hydrogen-bond donors (Lipinski definition) is 1. The van der Waals surface area contributed by atoms with Gasteiger partial charge in [-0.15, -0.1) is 0 Å². The van der Waals surface area contributed by atoms with Gasteiger partial charge >= 0.3 is 0 Å². The maximum Gasteiger partial charge on any atom is 0.271 e. The summed E-state index contributed by atoms with van der Waals surface area (Å²) in [7, 11) is 0. The molecule has 0 bridgehead atoms. The fraction of sp³-hybridized carbons (Fsp3) is 0.353. The molecule has 0 aliphatic heterocycles. The van der Waals surface area contributed by atoms with Crippen molar-refractivity contribution in [2.45, 2.75) is 33.7 Å². The largest absolute Gasteiger partial charge is 0.341 e. The van der Waals surface area contributed by atoms with Crippen molar-refractivity contribution in [3.8, 4) is 0 Å². The maximum atomic E-state index is 12.5. The number of benzene rings is 1. The van der Waals surface area contributed by atoms with E-state index in [1.54, 1.807) is 13.0 Å². The predicted octanol–water partition coefficient (Wildman–Crippen LogP) is 3.62. The molecule has 0 saturated heterocycles. The lowest BCUT2D eigenvalue weighted by Gasteiger charge is -2.22. The molecule has 1 aromatic carbocycles. The third-order valence-corrected chi connectivity index (χ3v) is 3.60. The number of nitrogens with zero attached hydrogens (tertiary/aromatic N) is 1. The van der Waals surface area contributed by atoms with Gasteiger partial charge in [0.2, 0.25) is 0 Å². The second-order valence-electron chi connectivity index (χ2n) is 6.32. The summed E-state index contributed by atoms with van der Waals surface area (Å²) in [5.41, 5.74) is -0.284. The summed E-state index contributed by atoms with van der Waals surface area (Å²) in [4.78, 5) is 28.8. The molecule has 1 N–H and O–H groups in total. The molecule has 2 aromatic rings. The van der Waals surface area contributed by atoms with E-state index >= 15 is 0 Å². The predicted molar refractivity (Wildman–Crippen MR) is 88.1 cm³/mol. The van der Waals surface area contributed by atoms with E-state index < -0.39 is 17.4 Å². The first kappa shape index (κ1) is 16.4. The van der Waals surface area contributed by atoms with Crippen LogP contribution in [-0.2, 0) is 4.79 Å². The van der Waals surface area contributed by atoms with Crippen LogP contribution in [0.4, 0.5) is 0 Å². The zero-order valence-electron chi connectivity index (χ0n) is 13.1. The number of hydrogen-bond acceptors (Lipinski definition) is 3. The number of rotatable bonds is 3. The summed E-state index contributed by atoms with van der Waals surface area (Å²) < 4.78 is 0. The first-order valence-electron chi connectivity index (χ1n) is 7.10. The summed E-state index contributed by atoms with van der Waals surface area (Å²) in [6.07, 6.45) is 0. The average Bonchev–Trinajstić information content (AvgIpc) is 2.44. The number of ketones is 1. The zero-order chi connectivity index (χ0) is 16.5. The Balaban J connectivity index is 2.33. The van der Waals surface area contributed by atoms with Gasteiger partial charge in [0.15, 0.2) is 5.78 Å². The highest BCUT2D eigenvalue weighted by Crippen LogP contribution is 2.21. The van der Waals surface area contributed by atoms with Crippen LogP contribution >= 0.6 is 11.6 Å². The lowest BCUT2D eigenvalue weighted by Crippen LogP contribution is -2.43. The molecule has 1 aromatic heterocycles. The molecule has 0 saturated carbocycles. The Kier molecular flexibility index (Phi) is 4.52. The number of pyridine rings is 1. The first-order chi connectivity index (χ1) is 10.2. The van der Waals surface area contributed by atoms with Gasteiger partial charge in [0.25, 0.3) is 5.91 Å². The molecule has 0 spiro atoms. The molecular weight excluding hydrogens is 300 g/mol. The summed E-state index contributed by atoms with van der Waals surface area (Å²) in [6.45, 7) is 7.15. The quantitative estimate of drug-likeness (QED) is 0.879. The highest BCUT2D eigenvalue weighted by Gasteiger charge is 2.28. The Morgan fingerprint density at radius 2 is 1.86 bits per heavy atom. The number of carbonyl (C=O) groups excluding carboxylic acids is 2. The number of halogens is 1. The van der Waals surface area contributed by atoms with Crippen molar-refractivity contribution in [2.24, 2.45) is 5.41 Å². The van der Waals surface area contributed by atoms with Gasteiger partial charge in [-0.25, -0.2) is 4.98 Å². The number of aromatic nitrogens is 1. The molecule has 0 aliphatic carbocycles. The minimum Gasteiger partial charge on any atom is -0.341 e. The molecule has 2 rings (SSSR count). The van der Waals surface area contributed by atoms with E-state index in [4.69, 9.17) is 11.6 Å². The fourth-order valence-corrected chi connectivity index (χ4v) is 2.52. The van der Waals surface area contributed by atoms with Crippen molar-refractivity contribution in [3.63, 3.8) is 0 Å². The summed E-state index contributed by atoms with van der Waals surface area (Å²) in [5.74, 6) is -0.434. The Morgan fingerprint density at radius 3 is 2.50 bits per heavy atom. The second kappa shape index (κ2) is 6.05. The van der Waals surface area contributed by atoms with Crippen molar-refractivity contribution in [1.29, 1.82) is 0 Å². The zero-order valence-corrected chi connectivity index (χ0v) is 13.9. The number of fused-ring (bicyclic) bond motifs is 1. The van der Waals surface area contributed by atoms with E-state index in [1.807, 2.05) is 45.0 Å². The molecule has 0 fully saturated rings. The van der Waals surface area contributed by atoms with Crippen LogP contribution in [-0.4, -0.2) is 22.7 Å². The number of Topliss-reactive ketones (excluding diaryl/α,β-unsaturated/α-hetero) is 1. The van der Waals surface area contributed by atoms with Crippen molar-refractivity contribution < 1.29 is 9.59 Å². The monoisotopic (exact) mass is 318 g/mol. The summed E-state index contributed by atoms with van der Waals surface area (Å²) in [6, 6.07) is 8.49.